The topological polar surface area (TPSA) is 50.4 Å². The maximum absolute atomic E-state index is 11.7. The summed E-state index contributed by atoms with van der Waals surface area (Å²) in [7, 11) is 0. The summed E-state index contributed by atoms with van der Waals surface area (Å²) in [6.45, 7) is 2.79. The van der Waals surface area contributed by atoms with Gasteiger partial charge in [0.2, 0.25) is 0 Å². The molecule has 2 aromatic carbocycles. The number of carbonyl (C=O) groups is 1. The standard InChI is InChI=1S/C18H19ClN2O2S/c1-2-23-17(22)15-9-8-14(12-16(15)19)21-18(24)20-11-10-13-6-4-3-5-7-13/h3-9,12H,2,10-11H2,1H3,(H2,20,21,24). The van der Waals surface area contributed by atoms with Gasteiger partial charge in [0.25, 0.3) is 0 Å². The third-order valence-electron chi connectivity index (χ3n) is 3.26. The molecule has 0 aliphatic heterocycles. The zero-order valence-electron chi connectivity index (χ0n) is 13.3. The first-order valence-electron chi connectivity index (χ1n) is 7.65. The third kappa shape index (κ3) is 5.51. The first kappa shape index (κ1) is 18.2. The smallest absolute Gasteiger partial charge is 0.339 e. The van der Waals surface area contributed by atoms with E-state index in [0.29, 0.717) is 28.0 Å². The van der Waals surface area contributed by atoms with Gasteiger partial charge in [-0.15, -0.1) is 0 Å². The summed E-state index contributed by atoms with van der Waals surface area (Å²) in [5.74, 6) is -0.433. The monoisotopic (exact) mass is 362 g/mol. The molecule has 0 heterocycles. The Morgan fingerprint density at radius 2 is 1.96 bits per heavy atom. The lowest BCUT2D eigenvalue weighted by molar-refractivity contribution is 0.0526. The van der Waals surface area contributed by atoms with Crippen LogP contribution in [0.15, 0.2) is 48.5 Å². The van der Waals surface area contributed by atoms with Gasteiger partial charge in [0, 0.05) is 12.2 Å². The van der Waals surface area contributed by atoms with E-state index in [1.165, 1.54) is 5.56 Å². The van der Waals surface area contributed by atoms with Crippen LogP contribution in [0.1, 0.15) is 22.8 Å². The van der Waals surface area contributed by atoms with Crippen LogP contribution in [0, 0.1) is 0 Å². The van der Waals surface area contributed by atoms with E-state index >= 15 is 0 Å². The molecule has 126 valence electrons. The summed E-state index contributed by atoms with van der Waals surface area (Å²) in [5.41, 5.74) is 2.30. The first-order valence-corrected chi connectivity index (χ1v) is 8.44. The summed E-state index contributed by atoms with van der Waals surface area (Å²) in [4.78, 5) is 11.7. The highest BCUT2D eigenvalue weighted by molar-refractivity contribution is 7.80. The molecule has 0 amide bonds. The molecule has 2 rings (SSSR count). The lowest BCUT2D eigenvalue weighted by atomic mass is 10.1. The summed E-state index contributed by atoms with van der Waals surface area (Å²) in [6.07, 6.45) is 0.880. The van der Waals surface area contributed by atoms with E-state index in [-0.39, 0.29) is 0 Å². The molecule has 2 aromatic rings. The minimum atomic E-state index is -0.433. The molecular formula is C18H19ClN2O2S. The van der Waals surface area contributed by atoms with E-state index in [1.807, 2.05) is 18.2 Å². The Labute approximate surface area is 152 Å². The Hall–Kier alpha value is -2.11. The number of esters is 1. The van der Waals surface area contributed by atoms with Gasteiger partial charge >= 0.3 is 5.97 Å². The van der Waals surface area contributed by atoms with E-state index in [2.05, 4.69) is 22.8 Å². The molecule has 0 atom stereocenters. The molecule has 0 saturated heterocycles. The van der Waals surface area contributed by atoms with Gasteiger partial charge in [0.05, 0.1) is 17.2 Å². The quantitative estimate of drug-likeness (QED) is 0.599. The van der Waals surface area contributed by atoms with Crippen LogP contribution < -0.4 is 10.6 Å². The highest BCUT2D eigenvalue weighted by Crippen LogP contribution is 2.21. The molecule has 6 heteroatoms. The van der Waals surface area contributed by atoms with Crippen molar-refractivity contribution in [1.82, 2.24) is 5.32 Å². The number of anilines is 1. The van der Waals surface area contributed by atoms with E-state index < -0.39 is 5.97 Å². The van der Waals surface area contributed by atoms with E-state index in [0.717, 1.165) is 13.0 Å². The molecule has 24 heavy (non-hydrogen) atoms. The number of benzene rings is 2. The van der Waals surface area contributed by atoms with E-state index in [1.54, 1.807) is 25.1 Å². The van der Waals surface area contributed by atoms with Gasteiger partial charge in [0.1, 0.15) is 0 Å². The largest absolute Gasteiger partial charge is 0.462 e. The average molecular weight is 363 g/mol. The van der Waals surface area contributed by atoms with Crippen molar-refractivity contribution in [3.05, 3.63) is 64.7 Å². The predicted octanol–water partition coefficient (Wildman–Crippen LogP) is 4.05. The van der Waals surface area contributed by atoms with Gasteiger partial charge in [-0.3, -0.25) is 0 Å². The van der Waals surface area contributed by atoms with Crippen LogP contribution in [0.2, 0.25) is 5.02 Å². The van der Waals surface area contributed by atoms with Gasteiger partial charge < -0.3 is 15.4 Å². The highest BCUT2D eigenvalue weighted by Gasteiger charge is 2.12. The molecule has 0 saturated carbocycles. The fourth-order valence-corrected chi connectivity index (χ4v) is 2.59. The van der Waals surface area contributed by atoms with Crippen molar-refractivity contribution in [2.75, 3.05) is 18.5 Å². The van der Waals surface area contributed by atoms with Crippen LogP contribution >= 0.6 is 23.8 Å². The van der Waals surface area contributed by atoms with Gasteiger partial charge in [0.15, 0.2) is 5.11 Å². The summed E-state index contributed by atoms with van der Waals surface area (Å²) in [5, 5.41) is 7.02. The minimum absolute atomic E-state index is 0.310. The Bertz CT molecular complexity index is 707. The van der Waals surface area contributed by atoms with Crippen LogP contribution in [0.5, 0.6) is 0 Å². The fourth-order valence-electron chi connectivity index (χ4n) is 2.11. The van der Waals surface area contributed by atoms with Gasteiger partial charge in [-0.1, -0.05) is 41.9 Å². The van der Waals surface area contributed by atoms with Crippen molar-refractivity contribution in [2.24, 2.45) is 0 Å². The van der Waals surface area contributed by atoms with Crippen LogP contribution in [-0.2, 0) is 11.2 Å². The second-order valence-electron chi connectivity index (χ2n) is 5.03. The number of nitrogens with one attached hydrogen (secondary N) is 2. The first-order chi connectivity index (χ1) is 11.6. The number of carbonyl (C=O) groups excluding carboxylic acids is 1. The molecule has 0 aliphatic rings. The van der Waals surface area contributed by atoms with Crippen LogP contribution in [-0.4, -0.2) is 24.2 Å². The molecule has 4 nitrogen and oxygen atoms in total. The Morgan fingerprint density at radius 1 is 1.21 bits per heavy atom. The number of thiocarbonyl (C=S) groups is 1. The Morgan fingerprint density at radius 3 is 2.62 bits per heavy atom. The maximum atomic E-state index is 11.7. The number of hydrogen-bond acceptors (Lipinski definition) is 3. The van der Waals surface area contributed by atoms with E-state index in [9.17, 15) is 4.79 Å². The van der Waals surface area contributed by atoms with Crippen LogP contribution in [0.3, 0.4) is 0 Å². The third-order valence-corrected chi connectivity index (χ3v) is 3.82. The molecular weight excluding hydrogens is 344 g/mol. The van der Waals surface area contributed by atoms with Gasteiger partial charge in [-0.2, -0.15) is 0 Å². The second-order valence-corrected chi connectivity index (χ2v) is 5.85. The van der Waals surface area contributed by atoms with Crippen molar-refractivity contribution in [3.63, 3.8) is 0 Å². The molecule has 0 unspecified atom stereocenters. The van der Waals surface area contributed by atoms with Crippen molar-refractivity contribution in [2.45, 2.75) is 13.3 Å². The average Bonchev–Trinajstić information content (AvgIpc) is 2.56. The van der Waals surface area contributed by atoms with Crippen LogP contribution in [0.4, 0.5) is 5.69 Å². The number of hydrogen-bond donors (Lipinski definition) is 2. The van der Waals surface area contributed by atoms with Gasteiger partial charge in [-0.05, 0) is 49.3 Å². The maximum Gasteiger partial charge on any atom is 0.339 e. The van der Waals surface area contributed by atoms with Crippen molar-refractivity contribution in [3.8, 4) is 0 Å². The molecule has 0 aliphatic carbocycles. The predicted molar refractivity (Wildman–Crippen MR) is 102 cm³/mol. The Balaban J connectivity index is 1.85. The molecule has 0 bridgehead atoms. The van der Waals surface area contributed by atoms with Crippen molar-refractivity contribution < 1.29 is 9.53 Å². The SMILES string of the molecule is CCOC(=O)c1ccc(NC(=S)NCCc2ccccc2)cc1Cl. The second kappa shape index (κ2) is 9.25. The normalized spacial score (nSPS) is 10.1. The highest BCUT2D eigenvalue weighted by atomic mass is 35.5. The summed E-state index contributed by atoms with van der Waals surface area (Å²) in [6, 6.07) is 15.2. The van der Waals surface area contributed by atoms with Crippen molar-refractivity contribution in [1.29, 1.82) is 0 Å². The zero-order chi connectivity index (χ0) is 17.4. The molecule has 0 radical (unpaired) electrons. The number of halogens is 1. The zero-order valence-corrected chi connectivity index (χ0v) is 14.9. The number of ether oxygens (including phenoxy) is 1. The summed E-state index contributed by atoms with van der Waals surface area (Å²) >= 11 is 11.4. The molecule has 0 spiro atoms. The summed E-state index contributed by atoms with van der Waals surface area (Å²) < 4.78 is 4.94. The van der Waals surface area contributed by atoms with Gasteiger partial charge in [-0.25, -0.2) is 4.79 Å². The molecule has 2 N–H and O–H groups in total. The fraction of sp³-hybridized carbons (Fsp3) is 0.222. The van der Waals surface area contributed by atoms with E-state index in [4.69, 9.17) is 28.6 Å². The minimum Gasteiger partial charge on any atom is -0.462 e. The van der Waals surface area contributed by atoms with Crippen LogP contribution in [0.25, 0.3) is 0 Å². The molecule has 0 aromatic heterocycles. The van der Waals surface area contributed by atoms with Crippen molar-refractivity contribution >= 4 is 40.6 Å². The number of rotatable bonds is 6. The lowest BCUT2D eigenvalue weighted by Crippen LogP contribution is -2.30. The molecule has 0 fully saturated rings. The Kier molecular flexibility index (Phi) is 7.03. The lowest BCUT2D eigenvalue weighted by Gasteiger charge is -2.12.